The zero-order chi connectivity index (χ0) is 12.2. The van der Waals surface area contributed by atoms with Crippen molar-refractivity contribution < 1.29 is 8.42 Å². The van der Waals surface area contributed by atoms with Crippen LogP contribution in [0.2, 0.25) is 0 Å². The zero-order valence-corrected chi connectivity index (χ0v) is 11.5. The van der Waals surface area contributed by atoms with Crippen LogP contribution in [0.3, 0.4) is 0 Å². The Hall–Kier alpha value is -0.460. The molecule has 0 aromatic carbocycles. The predicted molar refractivity (Wildman–Crippen MR) is 67.1 cm³/mol. The lowest BCUT2D eigenvalue weighted by atomic mass is 10.3. The van der Waals surface area contributed by atoms with Gasteiger partial charge in [0.1, 0.15) is 0 Å². The Morgan fingerprint density at radius 2 is 2.25 bits per heavy atom. The van der Waals surface area contributed by atoms with Gasteiger partial charge in [-0.25, -0.2) is 18.1 Å². The van der Waals surface area contributed by atoms with Gasteiger partial charge in [0.25, 0.3) is 0 Å². The van der Waals surface area contributed by atoms with Crippen LogP contribution >= 0.6 is 11.3 Å². The lowest BCUT2D eigenvalue weighted by Crippen LogP contribution is -2.29. The quantitative estimate of drug-likeness (QED) is 0.855. The van der Waals surface area contributed by atoms with E-state index in [1.807, 2.05) is 26.2 Å². The van der Waals surface area contributed by atoms with Crippen molar-refractivity contribution in [2.24, 2.45) is 0 Å². The molecule has 0 fully saturated rings. The number of hydrogen-bond donors (Lipinski definition) is 1. The molecule has 0 amide bonds. The third kappa shape index (κ3) is 4.19. The standard InChI is InChI=1S/C10H18N2O2S2/c1-4-5-6-16(13,14)12-8(2)10-7-15-9(3)11-10/h7-8,12H,4-6H2,1-3H3. The molecule has 16 heavy (non-hydrogen) atoms. The van der Waals surface area contributed by atoms with E-state index >= 15 is 0 Å². The van der Waals surface area contributed by atoms with Crippen molar-refractivity contribution in [3.63, 3.8) is 0 Å². The van der Waals surface area contributed by atoms with Crippen LogP contribution in [0.5, 0.6) is 0 Å². The highest BCUT2D eigenvalue weighted by Gasteiger charge is 2.16. The zero-order valence-electron chi connectivity index (χ0n) is 9.86. The van der Waals surface area contributed by atoms with Gasteiger partial charge in [0.2, 0.25) is 10.0 Å². The molecule has 0 saturated carbocycles. The molecule has 0 saturated heterocycles. The van der Waals surface area contributed by atoms with Gasteiger partial charge in [0, 0.05) is 5.38 Å². The summed E-state index contributed by atoms with van der Waals surface area (Å²) in [6.45, 7) is 5.70. The summed E-state index contributed by atoms with van der Waals surface area (Å²) in [6.07, 6.45) is 1.57. The maximum atomic E-state index is 11.6. The molecule has 1 atom stereocenters. The number of rotatable bonds is 6. The summed E-state index contributed by atoms with van der Waals surface area (Å²) in [7, 11) is -3.17. The van der Waals surface area contributed by atoms with Crippen LogP contribution in [0, 0.1) is 6.92 Å². The smallest absolute Gasteiger partial charge is 0.212 e. The summed E-state index contributed by atoms with van der Waals surface area (Å²) >= 11 is 1.53. The van der Waals surface area contributed by atoms with Gasteiger partial charge >= 0.3 is 0 Å². The summed E-state index contributed by atoms with van der Waals surface area (Å²) in [5.74, 6) is 0.191. The molecule has 1 N–H and O–H groups in total. The van der Waals surface area contributed by atoms with Gasteiger partial charge < -0.3 is 0 Å². The third-order valence-electron chi connectivity index (χ3n) is 2.20. The molecule has 0 aliphatic carbocycles. The average molecular weight is 262 g/mol. The van der Waals surface area contributed by atoms with Gasteiger partial charge in [-0.15, -0.1) is 11.3 Å². The molecule has 4 nitrogen and oxygen atoms in total. The second-order valence-corrected chi connectivity index (χ2v) is 6.74. The molecule has 0 radical (unpaired) electrons. The Labute approximate surface area is 101 Å². The number of aryl methyl sites for hydroxylation is 1. The average Bonchev–Trinajstić information content (AvgIpc) is 2.61. The molecular weight excluding hydrogens is 244 g/mol. The normalized spacial score (nSPS) is 13.9. The van der Waals surface area contributed by atoms with Crippen LogP contribution < -0.4 is 4.72 Å². The first kappa shape index (κ1) is 13.6. The summed E-state index contributed by atoms with van der Waals surface area (Å²) in [4.78, 5) is 4.27. The fourth-order valence-corrected chi connectivity index (χ4v) is 3.45. The van der Waals surface area contributed by atoms with Crippen LogP contribution in [-0.2, 0) is 10.0 Å². The van der Waals surface area contributed by atoms with Gasteiger partial charge in [-0.05, 0) is 20.3 Å². The SMILES string of the molecule is CCCCS(=O)(=O)NC(C)c1csc(C)n1. The van der Waals surface area contributed by atoms with Crippen LogP contribution in [0.4, 0.5) is 0 Å². The van der Waals surface area contributed by atoms with Crippen molar-refractivity contribution in [1.82, 2.24) is 9.71 Å². The number of unbranched alkanes of at least 4 members (excludes halogenated alkanes) is 1. The molecule has 1 heterocycles. The van der Waals surface area contributed by atoms with Crippen LogP contribution in [-0.4, -0.2) is 19.2 Å². The van der Waals surface area contributed by atoms with E-state index in [4.69, 9.17) is 0 Å². The first-order chi connectivity index (χ1) is 7.44. The van der Waals surface area contributed by atoms with Gasteiger partial charge in [-0.1, -0.05) is 13.3 Å². The topological polar surface area (TPSA) is 59.1 Å². The monoisotopic (exact) mass is 262 g/mol. The van der Waals surface area contributed by atoms with Crippen LogP contribution in [0.25, 0.3) is 0 Å². The Balaban J connectivity index is 2.60. The fourth-order valence-electron chi connectivity index (χ4n) is 1.30. The lowest BCUT2D eigenvalue weighted by molar-refractivity contribution is 0.561. The van der Waals surface area contributed by atoms with Crippen molar-refractivity contribution in [1.29, 1.82) is 0 Å². The van der Waals surface area contributed by atoms with Crippen molar-refractivity contribution >= 4 is 21.4 Å². The highest BCUT2D eigenvalue weighted by molar-refractivity contribution is 7.89. The minimum absolute atomic E-state index is 0.191. The molecule has 92 valence electrons. The second-order valence-electron chi connectivity index (χ2n) is 3.80. The molecule has 0 spiro atoms. The van der Waals surface area contributed by atoms with Gasteiger partial charge in [-0.3, -0.25) is 0 Å². The van der Waals surface area contributed by atoms with Crippen LogP contribution in [0.1, 0.15) is 43.4 Å². The van der Waals surface area contributed by atoms with E-state index < -0.39 is 10.0 Å². The molecule has 0 aliphatic rings. The minimum Gasteiger partial charge on any atom is -0.245 e. The van der Waals surface area contributed by atoms with E-state index in [2.05, 4.69) is 9.71 Å². The molecule has 1 unspecified atom stereocenters. The largest absolute Gasteiger partial charge is 0.245 e. The van der Waals surface area contributed by atoms with E-state index in [0.29, 0.717) is 6.42 Å². The van der Waals surface area contributed by atoms with Crippen LogP contribution in [0.15, 0.2) is 5.38 Å². The Kier molecular flexibility index (Phi) is 4.89. The number of nitrogens with one attached hydrogen (secondary N) is 1. The lowest BCUT2D eigenvalue weighted by Gasteiger charge is -2.11. The number of hydrogen-bond acceptors (Lipinski definition) is 4. The van der Waals surface area contributed by atoms with E-state index in [1.165, 1.54) is 11.3 Å². The summed E-state index contributed by atoms with van der Waals surface area (Å²) in [5.41, 5.74) is 0.794. The third-order valence-corrected chi connectivity index (χ3v) is 4.53. The molecule has 1 rings (SSSR count). The van der Waals surface area contributed by atoms with E-state index in [-0.39, 0.29) is 11.8 Å². The predicted octanol–water partition coefficient (Wildman–Crippen LogP) is 2.23. The molecule has 1 aromatic heterocycles. The van der Waals surface area contributed by atoms with Gasteiger partial charge in [0.05, 0.1) is 22.5 Å². The first-order valence-corrected chi connectivity index (χ1v) is 7.90. The Bertz CT molecular complexity index is 426. The molecule has 1 aromatic rings. The van der Waals surface area contributed by atoms with Gasteiger partial charge in [-0.2, -0.15) is 0 Å². The van der Waals surface area contributed by atoms with E-state index in [9.17, 15) is 8.42 Å². The minimum atomic E-state index is -3.17. The molecule has 0 aliphatic heterocycles. The molecule has 0 bridgehead atoms. The molecular formula is C10H18N2O2S2. The van der Waals surface area contributed by atoms with Gasteiger partial charge in [0.15, 0.2) is 0 Å². The van der Waals surface area contributed by atoms with Crippen molar-refractivity contribution in [2.45, 2.75) is 39.7 Å². The maximum absolute atomic E-state index is 11.6. The highest BCUT2D eigenvalue weighted by atomic mass is 32.2. The second kappa shape index (κ2) is 5.75. The Morgan fingerprint density at radius 3 is 2.75 bits per heavy atom. The summed E-state index contributed by atoms with van der Waals surface area (Å²) in [5, 5.41) is 2.84. The summed E-state index contributed by atoms with van der Waals surface area (Å²) < 4.78 is 25.9. The van der Waals surface area contributed by atoms with E-state index in [0.717, 1.165) is 17.1 Å². The van der Waals surface area contributed by atoms with Crippen molar-refractivity contribution in [3.05, 3.63) is 16.1 Å². The number of nitrogens with zero attached hydrogens (tertiary/aromatic N) is 1. The Morgan fingerprint density at radius 1 is 1.56 bits per heavy atom. The molecule has 6 heteroatoms. The maximum Gasteiger partial charge on any atom is 0.212 e. The number of aromatic nitrogens is 1. The fraction of sp³-hybridized carbons (Fsp3) is 0.700. The highest BCUT2D eigenvalue weighted by Crippen LogP contribution is 2.16. The summed E-state index contributed by atoms with van der Waals surface area (Å²) in [6, 6.07) is -0.244. The number of sulfonamides is 1. The first-order valence-electron chi connectivity index (χ1n) is 5.36. The van der Waals surface area contributed by atoms with E-state index in [1.54, 1.807) is 0 Å². The van der Waals surface area contributed by atoms with Crippen molar-refractivity contribution in [3.8, 4) is 0 Å². The van der Waals surface area contributed by atoms with Crippen molar-refractivity contribution in [2.75, 3.05) is 5.75 Å². The number of thiazole rings is 1.